The summed E-state index contributed by atoms with van der Waals surface area (Å²) in [6.45, 7) is 0. The minimum Gasteiger partial charge on any atom is -0.497 e. The highest BCUT2D eigenvalue weighted by Crippen LogP contribution is 2.57. The van der Waals surface area contributed by atoms with Crippen LogP contribution in [0.15, 0.2) is 190 Å². The van der Waals surface area contributed by atoms with Gasteiger partial charge in [0, 0.05) is 51.0 Å². The number of nitrogens with zero attached hydrogens (tertiary/aromatic N) is 5. The second-order valence-electron chi connectivity index (χ2n) is 21.1. The number of alkyl halides is 3. The lowest BCUT2D eigenvalue weighted by Gasteiger charge is -2.37. The zero-order valence-corrected chi connectivity index (χ0v) is 43.7. The molecule has 11 rings (SSSR count). The zero-order valence-electron chi connectivity index (χ0n) is 42.9. The van der Waals surface area contributed by atoms with Crippen LogP contribution in [-0.2, 0) is 10.3 Å². The normalized spacial score (nSPS) is 24.7. The highest BCUT2D eigenvalue weighted by molar-refractivity contribution is 6.33. The number of halogens is 4. The molecule has 6 aliphatic rings. The lowest BCUT2D eigenvalue weighted by Crippen LogP contribution is -2.43. The van der Waals surface area contributed by atoms with Gasteiger partial charge in [0.1, 0.15) is 35.3 Å². The SMILES string of the molecule is COc1ccc(N(c2ccc(C(=C/C=C3\CCC(/C=C/C4=C(C#N)C(=C(C#N)C#N)OC4(c4ccccc4)C(F)(F)F)=C3Cl)c3ccc(N(c4ccc(OC)cc4)C4CC5CCC4C5)cc3)cc2)C2CC3CCC2C3)cc1. The van der Waals surface area contributed by atoms with E-state index in [1.807, 2.05) is 36.4 Å². The third kappa shape index (κ3) is 9.48. The molecule has 0 radical (unpaired) electrons. The lowest BCUT2D eigenvalue weighted by atomic mass is 9.83. The van der Waals surface area contributed by atoms with Crippen LogP contribution in [0.3, 0.4) is 0 Å². The molecule has 7 unspecified atom stereocenters. The van der Waals surface area contributed by atoms with E-state index in [0.717, 1.165) is 81.2 Å². The number of hydrogen-bond acceptors (Lipinski definition) is 8. The number of benzene rings is 5. The van der Waals surface area contributed by atoms with Crippen LogP contribution in [0.25, 0.3) is 5.57 Å². The van der Waals surface area contributed by atoms with Gasteiger partial charge in [0.05, 0.1) is 14.2 Å². The summed E-state index contributed by atoms with van der Waals surface area (Å²) in [5.41, 5.74) is 3.48. The van der Waals surface area contributed by atoms with E-state index >= 15 is 13.2 Å². The number of hydrogen-bond donors (Lipinski definition) is 0. The van der Waals surface area contributed by atoms with Crippen molar-refractivity contribution >= 4 is 39.9 Å². The molecule has 77 heavy (non-hydrogen) atoms. The first-order chi connectivity index (χ1) is 37.4. The summed E-state index contributed by atoms with van der Waals surface area (Å²) in [6.07, 6.45) is 12.5. The summed E-state index contributed by atoms with van der Waals surface area (Å²) in [7, 11) is 3.37. The second-order valence-corrected chi connectivity index (χ2v) is 21.5. The fourth-order valence-corrected chi connectivity index (χ4v) is 13.7. The van der Waals surface area contributed by atoms with Crippen molar-refractivity contribution < 1.29 is 27.4 Å². The Kier molecular flexibility index (Phi) is 14.1. The topological polar surface area (TPSA) is 106 Å². The quantitative estimate of drug-likeness (QED) is 0.101. The first-order valence-corrected chi connectivity index (χ1v) is 26.9. The molecule has 388 valence electrons. The molecular weight excluding hydrogens is 991 g/mol. The van der Waals surface area contributed by atoms with Crippen molar-refractivity contribution in [2.24, 2.45) is 23.7 Å². The van der Waals surface area contributed by atoms with E-state index in [-0.39, 0.29) is 5.56 Å². The third-order valence-electron chi connectivity index (χ3n) is 17.1. The van der Waals surface area contributed by atoms with Gasteiger partial charge in [0.2, 0.25) is 0 Å². The summed E-state index contributed by atoms with van der Waals surface area (Å²) < 4.78 is 63.4. The third-order valence-corrected chi connectivity index (χ3v) is 17.6. The van der Waals surface area contributed by atoms with E-state index in [9.17, 15) is 15.8 Å². The summed E-state index contributed by atoms with van der Waals surface area (Å²) in [5, 5.41) is 30.2. The molecular formula is C65H57ClF3N5O3. The molecule has 0 amide bonds. The van der Waals surface area contributed by atoms with Crippen molar-refractivity contribution in [1.82, 2.24) is 0 Å². The van der Waals surface area contributed by atoms with Crippen LogP contribution in [0.5, 0.6) is 11.5 Å². The Balaban J connectivity index is 0.981. The maximum absolute atomic E-state index is 15.6. The highest BCUT2D eigenvalue weighted by Gasteiger charge is 2.65. The molecule has 0 N–H and O–H groups in total. The summed E-state index contributed by atoms with van der Waals surface area (Å²) in [5.74, 6) is 3.66. The van der Waals surface area contributed by atoms with Gasteiger partial charge in [-0.15, -0.1) is 0 Å². The predicted octanol–water partition coefficient (Wildman–Crippen LogP) is 16.2. The standard InChI is InChI=1S/C65H57ClF3N5O3/c1-75-55-28-24-53(25-29-55)73(60-36-41-8-10-47(60)34-41)51-20-14-43(15-21-51)57(44-16-22-52(23-17-44)74(54-26-30-56(76-2)31-27-54)61-37-42-9-11-48(61)35-42)32-18-45-12-13-46(62(45)66)19-33-59-58(40-72)63(49(38-70)39-71)77-64(59,65(67,68)69)50-6-4-3-5-7-50/h3-7,14-33,41-42,47-48,60-61H,8-13,34-37H2,1-2H3/b33-19+,45-18+,57-32?. The first kappa shape index (κ1) is 51.2. The van der Waals surface area contributed by atoms with Gasteiger partial charge in [-0.1, -0.05) is 103 Å². The molecule has 12 heteroatoms. The molecule has 4 saturated carbocycles. The Bertz CT molecular complexity index is 3240. The minimum atomic E-state index is -5.11. The molecule has 0 saturated heterocycles. The molecule has 1 aliphatic heterocycles. The van der Waals surface area contributed by atoms with E-state index in [4.69, 9.17) is 25.8 Å². The highest BCUT2D eigenvalue weighted by atomic mass is 35.5. The summed E-state index contributed by atoms with van der Waals surface area (Å²) in [4.78, 5) is 5.04. The van der Waals surface area contributed by atoms with E-state index in [0.29, 0.717) is 47.4 Å². The minimum absolute atomic E-state index is 0.311. The molecule has 4 fully saturated rings. The van der Waals surface area contributed by atoms with Crippen LogP contribution < -0.4 is 19.3 Å². The maximum Gasteiger partial charge on any atom is 0.437 e. The van der Waals surface area contributed by atoms with E-state index in [1.54, 1.807) is 32.4 Å². The molecule has 0 spiro atoms. The van der Waals surface area contributed by atoms with E-state index in [1.165, 1.54) is 74.9 Å². The van der Waals surface area contributed by atoms with Crippen LogP contribution in [0.1, 0.15) is 80.9 Å². The van der Waals surface area contributed by atoms with Crippen LogP contribution in [0, 0.1) is 57.7 Å². The van der Waals surface area contributed by atoms with Crippen LogP contribution in [0.4, 0.5) is 35.9 Å². The Hall–Kier alpha value is -7.91. The van der Waals surface area contributed by atoms with Gasteiger partial charge >= 0.3 is 6.18 Å². The lowest BCUT2D eigenvalue weighted by molar-refractivity contribution is -0.249. The van der Waals surface area contributed by atoms with Crippen molar-refractivity contribution in [2.75, 3.05) is 24.0 Å². The Morgan fingerprint density at radius 1 is 0.649 bits per heavy atom. The van der Waals surface area contributed by atoms with Gasteiger partial charge in [-0.3, -0.25) is 0 Å². The molecule has 5 aliphatic carbocycles. The molecule has 8 nitrogen and oxygen atoms in total. The average Bonchev–Trinajstić information content (AvgIpc) is 4.54. The summed E-state index contributed by atoms with van der Waals surface area (Å²) in [6, 6.07) is 47.1. The van der Waals surface area contributed by atoms with Crippen LogP contribution in [0.2, 0.25) is 0 Å². The van der Waals surface area contributed by atoms with Crippen molar-refractivity contribution in [3.05, 3.63) is 207 Å². The van der Waals surface area contributed by atoms with Gasteiger partial charge < -0.3 is 24.0 Å². The summed E-state index contributed by atoms with van der Waals surface area (Å²) >= 11 is 7.20. The Morgan fingerprint density at radius 3 is 1.56 bits per heavy atom. The largest absolute Gasteiger partial charge is 0.497 e. The van der Waals surface area contributed by atoms with Crippen LogP contribution in [-0.4, -0.2) is 32.5 Å². The molecule has 5 aromatic carbocycles. The molecule has 0 aromatic heterocycles. The number of fused-ring (bicyclic) bond motifs is 4. The van der Waals surface area contributed by atoms with Gasteiger partial charge in [-0.25, -0.2) is 0 Å². The van der Waals surface area contributed by atoms with Crippen molar-refractivity contribution in [1.29, 1.82) is 15.8 Å². The Morgan fingerprint density at radius 2 is 1.14 bits per heavy atom. The average molecular weight is 1050 g/mol. The first-order valence-electron chi connectivity index (χ1n) is 26.5. The van der Waals surface area contributed by atoms with Crippen molar-refractivity contribution in [2.45, 2.75) is 88.1 Å². The van der Waals surface area contributed by atoms with E-state index < -0.39 is 34.3 Å². The number of anilines is 4. The zero-order chi connectivity index (χ0) is 53.4. The van der Waals surface area contributed by atoms with E-state index in [2.05, 4.69) is 88.7 Å². The Labute approximate surface area is 453 Å². The molecule has 1 heterocycles. The molecule has 4 bridgehead atoms. The predicted molar refractivity (Wildman–Crippen MR) is 294 cm³/mol. The van der Waals surface area contributed by atoms with Gasteiger partial charge in [-0.2, -0.15) is 29.0 Å². The van der Waals surface area contributed by atoms with Gasteiger partial charge in [0.25, 0.3) is 5.60 Å². The number of nitriles is 3. The number of methoxy groups -OCH3 is 2. The number of rotatable bonds is 14. The van der Waals surface area contributed by atoms with Gasteiger partial charge in [0.15, 0.2) is 11.3 Å². The fraction of sp³-hybridized carbons (Fsp3) is 0.308. The number of allylic oxidation sites excluding steroid dienone is 8. The second kappa shape index (κ2) is 21.3. The molecule has 7 atom stereocenters. The fourth-order valence-electron chi connectivity index (χ4n) is 13.4. The maximum atomic E-state index is 15.6. The van der Waals surface area contributed by atoms with Crippen molar-refractivity contribution in [3.63, 3.8) is 0 Å². The van der Waals surface area contributed by atoms with Crippen LogP contribution >= 0.6 is 11.6 Å². The number of ether oxygens (including phenoxy) is 3. The monoisotopic (exact) mass is 1050 g/mol. The van der Waals surface area contributed by atoms with Crippen molar-refractivity contribution in [3.8, 4) is 29.7 Å². The van der Waals surface area contributed by atoms with Gasteiger partial charge in [-0.05, 0) is 176 Å². The smallest absolute Gasteiger partial charge is 0.437 e. The molecule has 5 aromatic rings.